The predicted molar refractivity (Wildman–Crippen MR) is 117 cm³/mol. The Balaban J connectivity index is 1.71. The second kappa shape index (κ2) is 9.53. The van der Waals surface area contributed by atoms with Crippen molar-refractivity contribution < 1.29 is 9.47 Å². The van der Waals surface area contributed by atoms with Crippen LogP contribution in [0.15, 0.2) is 46.9 Å². The lowest BCUT2D eigenvalue weighted by Gasteiger charge is -2.34. The van der Waals surface area contributed by atoms with Crippen LogP contribution in [0.5, 0.6) is 11.5 Å². The fourth-order valence-corrected chi connectivity index (χ4v) is 3.54. The molecule has 1 saturated heterocycles. The van der Waals surface area contributed by atoms with Gasteiger partial charge in [-0.15, -0.1) is 0 Å². The van der Waals surface area contributed by atoms with Crippen LogP contribution in [-0.4, -0.2) is 54.6 Å². The molecule has 1 heterocycles. The summed E-state index contributed by atoms with van der Waals surface area (Å²) in [4.78, 5) is 5.47. The van der Waals surface area contributed by atoms with Crippen molar-refractivity contribution in [3.8, 4) is 11.5 Å². The first-order chi connectivity index (χ1) is 13.1. The molecule has 0 radical (unpaired) electrons. The van der Waals surface area contributed by atoms with Crippen molar-refractivity contribution in [1.29, 1.82) is 0 Å². The van der Waals surface area contributed by atoms with Gasteiger partial charge in [0, 0.05) is 36.2 Å². The molecule has 0 atom stereocenters. The number of halogens is 1. The molecule has 2 aromatic rings. The normalized spacial score (nSPS) is 14.9. The van der Waals surface area contributed by atoms with E-state index in [9.17, 15) is 0 Å². The molecule has 144 valence electrons. The molecule has 1 aliphatic heterocycles. The summed E-state index contributed by atoms with van der Waals surface area (Å²) in [5.41, 5.74) is 2.12. The number of benzene rings is 2. The van der Waals surface area contributed by atoms with E-state index in [1.807, 2.05) is 49.4 Å². The molecule has 0 saturated carbocycles. The zero-order chi connectivity index (χ0) is 19.2. The Bertz CT molecular complexity index is 774. The lowest BCUT2D eigenvalue weighted by Crippen LogP contribution is -2.46. The molecule has 0 bridgehead atoms. The van der Waals surface area contributed by atoms with Gasteiger partial charge in [-0.05, 0) is 49.9 Å². The van der Waals surface area contributed by atoms with Crippen molar-refractivity contribution in [1.82, 2.24) is 9.80 Å². The number of hydrogen-bond donors (Lipinski definition) is 0. The van der Waals surface area contributed by atoms with Crippen LogP contribution in [0.4, 0.5) is 0 Å². The summed E-state index contributed by atoms with van der Waals surface area (Å²) in [5.74, 6) is 1.48. The molecule has 27 heavy (non-hydrogen) atoms. The van der Waals surface area contributed by atoms with Gasteiger partial charge in [0.1, 0.15) is 11.6 Å². The molecule has 0 aromatic heterocycles. The summed E-state index contributed by atoms with van der Waals surface area (Å²) >= 11 is 9.18. The molecular formula is C21H25BrN2O2S. The van der Waals surface area contributed by atoms with Crippen molar-refractivity contribution in [2.75, 3.05) is 39.8 Å². The van der Waals surface area contributed by atoms with Gasteiger partial charge >= 0.3 is 0 Å². The third-order valence-corrected chi connectivity index (χ3v) is 5.61. The highest BCUT2D eigenvalue weighted by atomic mass is 79.9. The minimum absolute atomic E-state index is 0.496. The van der Waals surface area contributed by atoms with E-state index in [4.69, 9.17) is 21.7 Å². The van der Waals surface area contributed by atoms with Crippen LogP contribution in [0, 0.1) is 0 Å². The Labute approximate surface area is 175 Å². The molecule has 1 aliphatic rings. The van der Waals surface area contributed by atoms with Crippen LogP contribution in [0.25, 0.3) is 0 Å². The molecule has 1 fully saturated rings. The largest absolute Gasteiger partial charge is 0.490 e. The lowest BCUT2D eigenvalue weighted by molar-refractivity contribution is 0.218. The first-order valence-electron chi connectivity index (χ1n) is 9.18. The van der Waals surface area contributed by atoms with Gasteiger partial charge in [0.2, 0.25) is 0 Å². The van der Waals surface area contributed by atoms with Crippen LogP contribution < -0.4 is 9.47 Å². The Morgan fingerprint density at radius 2 is 1.70 bits per heavy atom. The first kappa shape index (κ1) is 20.1. The third kappa shape index (κ3) is 5.43. The summed E-state index contributed by atoms with van der Waals surface area (Å²) in [6, 6.07) is 14.1. The summed E-state index contributed by atoms with van der Waals surface area (Å²) < 4.78 is 12.9. The molecule has 0 amide bonds. The van der Waals surface area contributed by atoms with Gasteiger partial charge in [-0.25, -0.2) is 0 Å². The lowest BCUT2D eigenvalue weighted by atomic mass is 10.1. The maximum Gasteiger partial charge on any atom is 0.161 e. The fourth-order valence-electron chi connectivity index (χ4n) is 2.96. The Kier molecular flexibility index (Phi) is 7.10. The van der Waals surface area contributed by atoms with Crippen molar-refractivity contribution >= 4 is 33.1 Å². The molecule has 0 spiro atoms. The van der Waals surface area contributed by atoms with Gasteiger partial charge in [0.25, 0.3) is 0 Å². The summed E-state index contributed by atoms with van der Waals surface area (Å²) in [7, 11) is 2.14. The third-order valence-electron chi connectivity index (χ3n) is 4.59. The highest BCUT2D eigenvalue weighted by molar-refractivity contribution is 9.10. The van der Waals surface area contributed by atoms with Gasteiger partial charge in [-0.3, -0.25) is 0 Å². The van der Waals surface area contributed by atoms with E-state index in [0.717, 1.165) is 58.3 Å². The first-order valence-corrected chi connectivity index (χ1v) is 10.4. The van der Waals surface area contributed by atoms with Crippen molar-refractivity contribution in [3.05, 3.63) is 58.1 Å². The number of rotatable bonds is 6. The molecule has 6 heteroatoms. The van der Waals surface area contributed by atoms with Crippen LogP contribution in [0.2, 0.25) is 0 Å². The number of hydrogen-bond acceptors (Lipinski definition) is 4. The van der Waals surface area contributed by atoms with Crippen molar-refractivity contribution in [2.45, 2.75) is 13.5 Å². The number of piperazine rings is 1. The van der Waals surface area contributed by atoms with Crippen LogP contribution in [0.3, 0.4) is 0 Å². The number of ether oxygens (including phenoxy) is 2. The Morgan fingerprint density at radius 1 is 1.00 bits per heavy atom. The molecule has 3 rings (SSSR count). The van der Waals surface area contributed by atoms with Gasteiger partial charge < -0.3 is 19.3 Å². The monoisotopic (exact) mass is 448 g/mol. The van der Waals surface area contributed by atoms with E-state index >= 15 is 0 Å². The predicted octanol–water partition coefficient (Wildman–Crippen LogP) is 4.35. The molecule has 2 aromatic carbocycles. The minimum atomic E-state index is 0.496. The van der Waals surface area contributed by atoms with Crippen molar-refractivity contribution in [3.63, 3.8) is 0 Å². The topological polar surface area (TPSA) is 24.9 Å². The van der Waals surface area contributed by atoms with E-state index in [1.54, 1.807) is 0 Å². The number of thiocarbonyl (C=S) groups is 1. The minimum Gasteiger partial charge on any atom is -0.490 e. The van der Waals surface area contributed by atoms with Crippen LogP contribution >= 0.6 is 28.1 Å². The van der Waals surface area contributed by atoms with E-state index in [0.29, 0.717) is 13.2 Å². The van der Waals surface area contributed by atoms with Gasteiger partial charge in [-0.2, -0.15) is 0 Å². The van der Waals surface area contributed by atoms with Crippen LogP contribution in [-0.2, 0) is 6.61 Å². The summed E-state index contributed by atoms with van der Waals surface area (Å²) in [6.07, 6.45) is 0. The SMILES string of the molecule is CCOc1cc(C(=S)N2CCN(C)CC2)ccc1OCc1ccc(Br)cc1. The Hall–Kier alpha value is -1.63. The van der Waals surface area contributed by atoms with E-state index < -0.39 is 0 Å². The standard InChI is InChI=1S/C21H25BrN2O2S/c1-3-25-20-14-17(21(27)24-12-10-23(2)11-13-24)6-9-19(20)26-15-16-4-7-18(22)8-5-16/h4-9,14H,3,10-13,15H2,1-2H3. The highest BCUT2D eigenvalue weighted by Gasteiger charge is 2.19. The smallest absolute Gasteiger partial charge is 0.161 e. The fraction of sp³-hybridized carbons (Fsp3) is 0.381. The Morgan fingerprint density at radius 3 is 2.37 bits per heavy atom. The van der Waals surface area contributed by atoms with Gasteiger partial charge in [0.05, 0.1) is 6.61 Å². The second-order valence-electron chi connectivity index (χ2n) is 6.61. The summed E-state index contributed by atoms with van der Waals surface area (Å²) in [6.45, 7) is 7.04. The van der Waals surface area contributed by atoms with E-state index in [-0.39, 0.29) is 0 Å². The number of nitrogens with zero attached hydrogens (tertiary/aromatic N) is 2. The zero-order valence-corrected chi connectivity index (χ0v) is 18.2. The van der Waals surface area contributed by atoms with E-state index in [1.165, 1.54) is 0 Å². The van der Waals surface area contributed by atoms with Crippen LogP contribution in [0.1, 0.15) is 18.1 Å². The average molecular weight is 449 g/mol. The van der Waals surface area contributed by atoms with Gasteiger partial charge in [0.15, 0.2) is 11.5 Å². The molecular weight excluding hydrogens is 424 g/mol. The molecule has 4 nitrogen and oxygen atoms in total. The second-order valence-corrected chi connectivity index (χ2v) is 7.91. The highest BCUT2D eigenvalue weighted by Crippen LogP contribution is 2.30. The number of likely N-dealkylation sites (N-methyl/N-ethyl adjacent to an activating group) is 1. The van der Waals surface area contributed by atoms with E-state index in [2.05, 4.69) is 32.8 Å². The molecule has 0 N–H and O–H groups in total. The molecule has 0 unspecified atom stereocenters. The van der Waals surface area contributed by atoms with Gasteiger partial charge in [-0.1, -0.05) is 40.3 Å². The quantitative estimate of drug-likeness (QED) is 0.611. The van der Waals surface area contributed by atoms with Crippen molar-refractivity contribution in [2.24, 2.45) is 0 Å². The zero-order valence-electron chi connectivity index (χ0n) is 15.8. The maximum atomic E-state index is 6.01. The maximum absolute atomic E-state index is 6.01. The summed E-state index contributed by atoms with van der Waals surface area (Å²) in [5, 5.41) is 0. The average Bonchev–Trinajstić information content (AvgIpc) is 2.68. The molecule has 0 aliphatic carbocycles.